The smallest absolute Gasteiger partial charge is 0.407 e. The first-order valence-corrected chi connectivity index (χ1v) is 14.2. The summed E-state index contributed by atoms with van der Waals surface area (Å²) in [6, 6.07) is 31.1. The molecule has 0 spiro atoms. The van der Waals surface area contributed by atoms with E-state index < -0.39 is 20.0 Å². The van der Waals surface area contributed by atoms with E-state index in [4.69, 9.17) is 9.16 Å². The van der Waals surface area contributed by atoms with Crippen molar-refractivity contribution in [2.24, 2.45) is 0 Å². The van der Waals surface area contributed by atoms with Crippen LogP contribution in [0, 0.1) is 0 Å². The molecular formula is C30H39NO3Si. The summed E-state index contributed by atoms with van der Waals surface area (Å²) in [7, 11) is -2.72. The molecule has 0 saturated heterocycles. The first kappa shape index (κ1) is 26.7. The van der Waals surface area contributed by atoms with E-state index in [1.807, 2.05) is 51.1 Å². The third kappa shape index (κ3) is 7.06. The van der Waals surface area contributed by atoms with Gasteiger partial charge in [0.1, 0.15) is 5.60 Å². The average molecular weight is 490 g/mol. The molecule has 1 N–H and O–H groups in total. The number of carbonyl (C=O) groups excluding carboxylic acids is 1. The molecule has 186 valence electrons. The van der Waals surface area contributed by atoms with Crippen molar-refractivity contribution in [3.8, 4) is 0 Å². The number of amides is 1. The third-order valence-corrected chi connectivity index (χ3v) is 11.0. The van der Waals surface area contributed by atoms with Crippen LogP contribution in [0.25, 0.3) is 0 Å². The lowest BCUT2D eigenvalue weighted by atomic mass is 10.1. The topological polar surface area (TPSA) is 47.6 Å². The molecule has 0 aliphatic carbocycles. The molecule has 5 heteroatoms. The molecule has 0 radical (unpaired) electrons. The second-order valence-corrected chi connectivity index (χ2v) is 15.3. The molecule has 3 aromatic carbocycles. The molecule has 0 saturated carbocycles. The number of hydrogen-bond acceptors (Lipinski definition) is 3. The first-order chi connectivity index (χ1) is 16.5. The summed E-state index contributed by atoms with van der Waals surface area (Å²) in [5.41, 5.74) is 0.569. The molecule has 3 aromatic rings. The molecular weight excluding hydrogens is 450 g/mol. The maximum Gasteiger partial charge on any atom is 0.407 e. The lowest BCUT2D eigenvalue weighted by Crippen LogP contribution is -2.67. The number of benzene rings is 3. The quantitative estimate of drug-likeness (QED) is 0.413. The fourth-order valence-corrected chi connectivity index (χ4v) is 9.12. The summed E-state index contributed by atoms with van der Waals surface area (Å²) >= 11 is 0. The van der Waals surface area contributed by atoms with Gasteiger partial charge in [0.15, 0.2) is 0 Å². The average Bonchev–Trinajstić information content (AvgIpc) is 2.79. The van der Waals surface area contributed by atoms with Crippen LogP contribution in [0.1, 0.15) is 47.1 Å². The molecule has 3 rings (SSSR count). The molecule has 4 nitrogen and oxygen atoms in total. The Morgan fingerprint density at radius 3 is 1.66 bits per heavy atom. The monoisotopic (exact) mass is 489 g/mol. The number of rotatable bonds is 8. The fraction of sp³-hybridized carbons (Fsp3) is 0.367. The number of carbonyl (C=O) groups is 1. The van der Waals surface area contributed by atoms with Gasteiger partial charge >= 0.3 is 6.09 Å². The van der Waals surface area contributed by atoms with E-state index in [9.17, 15) is 4.79 Å². The number of ether oxygens (including phenoxy) is 1. The van der Waals surface area contributed by atoms with Crippen molar-refractivity contribution in [2.75, 3.05) is 6.61 Å². The molecule has 0 aliphatic rings. The van der Waals surface area contributed by atoms with Gasteiger partial charge in [-0.2, -0.15) is 0 Å². The van der Waals surface area contributed by atoms with Gasteiger partial charge in [0.05, 0.1) is 12.6 Å². The lowest BCUT2D eigenvalue weighted by molar-refractivity contribution is 0.0486. The van der Waals surface area contributed by atoms with Gasteiger partial charge in [0.2, 0.25) is 0 Å². The van der Waals surface area contributed by atoms with E-state index >= 15 is 0 Å². The van der Waals surface area contributed by atoms with E-state index in [1.165, 1.54) is 10.4 Å². The predicted octanol–water partition coefficient (Wildman–Crippen LogP) is 5.70. The highest BCUT2D eigenvalue weighted by atomic mass is 28.4. The van der Waals surface area contributed by atoms with Gasteiger partial charge in [-0.1, -0.05) is 112 Å². The zero-order valence-electron chi connectivity index (χ0n) is 21.9. The summed E-state index contributed by atoms with van der Waals surface area (Å²) in [6.07, 6.45) is 0.225. The predicted molar refractivity (Wildman–Crippen MR) is 147 cm³/mol. The van der Waals surface area contributed by atoms with Crippen LogP contribution in [0.2, 0.25) is 5.04 Å². The highest BCUT2D eigenvalue weighted by Gasteiger charge is 2.50. The Kier molecular flexibility index (Phi) is 8.57. The van der Waals surface area contributed by atoms with E-state index in [2.05, 4.69) is 86.8 Å². The SMILES string of the molecule is CC(C)(C)OC(=O)N[C@@H](CO[Si](c1ccccc1)(c1ccccc1)C(C)(C)C)Cc1ccccc1. The van der Waals surface area contributed by atoms with Crippen LogP contribution >= 0.6 is 0 Å². The van der Waals surface area contributed by atoms with Gasteiger partial charge in [-0.3, -0.25) is 0 Å². The molecule has 1 amide bonds. The number of nitrogens with one attached hydrogen (secondary N) is 1. The van der Waals surface area contributed by atoms with Gasteiger partial charge in [-0.15, -0.1) is 0 Å². The van der Waals surface area contributed by atoms with Gasteiger partial charge in [0.25, 0.3) is 8.32 Å². The Balaban J connectivity index is 1.98. The maximum absolute atomic E-state index is 12.7. The van der Waals surface area contributed by atoms with Crippen molar-refractivity contribution in [2.45, 2.75) is 64.6 Å². The van der Waals surface area contributed by atoms with Crippen LogP contribution in [0.3, 0.4) is 0 Å². The maximum atomic E-state index is 12.7. The lowest BCUT2D eigenvalue weighted by Gasteiger charge is -2.43. The van der Waals surface area contributed by atoms with E-state index in [0.29, 0.717) is 13.0 Å². The van der Waals surface area contributed by atoms with Gasteiger partial charge < -0.3 is 14.5 Å². The Morgan fingerprint density at radius 1 is 0.771 bits per heavy atom. The van der Waals surface area contributed by atoms with Gasteiger partial charge in [-0.25, -0.2) is 4.79 Å². The van der Waals surface area contributed by atoms with Crippen molar-refractivity contribution in [1.29, 1.82) is 0 Å². The molecule has 0 unspecified atom stereocenters. The van der Waals surface area contributed by atoms with Crippen molar-refractivity contribution in [1.82, 2.24) is 5.32 Å². The number of alkyl carbamates (subject to hydrolysis) is 1. The summed E-state index contributed by atoms with van der Waals surface area (Å²) in [5, 5.41) is 5.38. The van der Waals surface area contributed by atoms with E-state index in [0.717, 1.165) is 5.56 Å². The van der Waals surface area contributed by atoms with Crippen molar-refractivity contribution in [3.63, 3.8) is 0 Å². The van der Waals surface area contributed by atoms with Crippen LogP contribution in [-0.2, 0) is 15.6 Å². The first-order valence-electron chi connectivity index (χ1n) is 12.3. The molecule has 0 fully saturated rings. The Labute approximate surface area is 211 Å². The number of hydrogen-bond donors (Lipinski definition) is 1. The normalized spacial score (nSPS) is 13.2. The van der Waals surface area contributed by atoms with Crippen LogP contribution in [0.15, 0.2) is 91.0 Å². The second kappa shape index (κ2) is 11.2. The molecule has 0 bridgehead atoms. The standard InChI is InChI=1S/C30H39NO3Si/c1-29(2,3)34-28(32)31-25(22-24-16-10-7-11-17-24)23-33-35(30(4,5)6,26-18-12-8-13-19-26)27-20-14-9-15-21-27/h7-21,25H,22-23H2,1-6H3,(H,31,32)/t25-/m1/s1. The minimum absolute atomic E-state index is 0.140. The van der Waals surface area contributed by atoms with Gasteiger partial charge in [-0.05, 0) is 48.2 Å². The molecule has 0 heterocycles. The van der Waals surface area contributed by atoms with Crippen molar-refractivity contribution < 1.29 is 14.0 Å². The highest BCUT2D eigenvalue weighted by Crippen LogP contribution is 2.36. The largest absolute Gasteiger partial charge is 0.444 e. The molecule has 0 aliphatic heterocycles. The zero-order valence-corrected chi connectivity index (χ0v) is 22.9. The minimum atomic E-state index is -2.72. The summed E-state index contributed by atoms with van der Waals surface area (Å²) in [5.74, 6) is 0. The van der Waals surface area contributed by atoms with Crippen LogP contribution in [0.4, 0.5) is 4.79 Å². The zero-order chi connectivity index (χ0) is 25.5. The third-order valence-electron chi connectivity index (χ3n) is 5.96. The van der Waals surface area contributed by atoms with E-state index in [-0.39, 0.29) is 11.1 Å². The fourth-order valence-electron chi connectivity index (χ4n) is 4.51. The van der Waals surface area contributed by atoms with E-state index in [1.54, 1.807) is 0 Å². The van der Waals surface area contributed by atoms with Crippen molar-refractivity contribution in [3.05, 3.63) is 96.6 Å². The summed E-state index contributed by atoms with van der Waals surface area (Å²) in [4.78, 5) is 12.7. The second-order valence-electron chi connectivity index (χ2n) is 11.0. The van der Waals surface area contributed by atoms with Crippen LogP contribution in [0.5, 0.6) is 0 Å². The van der Waals surface area contributed by atoms with Crippen LogP contribution in [-0.4, -0.2) is 32.7 Å². The summed E-state index contributed by atoms with van der Waals surface area (Å²) in [6.45, 7) is 12.8. The Hall–Kier alpha value is -2.89. The minimum Gasteiger partial charge on any atom is -0.444 e. The highest BCUT2D eigenvalue weighted by molar-refractivity contribution is 6.99. The Morgan fingerprint density at radius 2 is 1.23 bits per heavy atom. The van der Waals surface area contributed by atoms with Gasteiger partial charge in [0, 0.05) is 0 Å². The molecule has 1 atom stereocenters. The van der Waals surface area contributed by atoms with Crippen LogP contribution < -0.4 is 15.7 Å². The summed E-state index contributed by atoms with van der Waals surface area (Å²) < 4.78 is 12.7. The molecule has 0 aromatic heterocycles. The molecule has 35 heavy (non-hydrogen) atoms. The van der Waals surface area contributed by atoms with Crippen molar-refractivity contribution >= 4 is 24.8 Å². The Bertz CT molecular complexity index is 1020.